The first-order chi connectivity index (χ1) is 7.31. The van der Waals surface area contributed by atoms with Gasteiger partial charge in [0.1, 0.15) is 22.4 Å². The molecule has 1 aliphatic heterocycles. The molecule has 2 rings (SSSR count). The van der Waals surface area contributed by atoms with Gasteiger partial charge in [0.05, 0.1) is 12.6 Å². The van der Waals surface area contributed by atoms with Gasteiger partial charge in [-0.3, -0.25) is 0 Å². The van der Waals surface area contributed by atoms with Gasteiger partial charge in [-0.1, -0.05) is 0 Å². The van der Waals surface area contributed by atoms with Gasteiger partial charge in [-0.05, 0) is 22.4 Å². The van der Waals surface area contributed by atoms with E-state index in [9.17, 15) is 0 Å². The van der Waals surface area contributed by atoms with Crippen LogP contribution in [0.5, 0.6) is 0 Å². The normalized spacial score (nSPS) is 20.3. The minimum absolute atomic E-state index is 0.348. The molecule has 0 bridgehead atoms. The number of hydrogen-bond acceptors (Lipinski definition) is 5. The maximum Gasteiger partial charge on any atom is 0.146 e. The first-order valence-corrected chi connectivity index (χ1v) is 5.63. The number of hydrogen-bond donors (Lipinski definition) is 2. The van der Waals surface area contributed by atoms with E-state index in [1.807, 2.05) is 7.05 Å². The van der Waals surface area contributed by atoms with E-state index in [2.05, 4.69) is 36.5 Å². The average molecular weight is 273 g/mol. The molecule has 1 saturated heterocycles. The summed E-state index contributed by atoms with van der Waals surface area (Å²) in [6, 6.07) is 0.348. The van der Waals surface area contributed by atoms with Gasteiger partial charge in [-0.25, -0.2) is 9.97 Å². The highest BCUT2D eigenvalue weighted by atomic mass is 79.9. The first kappa shape index (κ1) is 10.6. The minimum Gasteiger partial charge on any atom is -0.379 e. The third-order valence-corrected chi connectivity index (χ3v) is 3.05. The Kier molecular flexibility index (Phi) is 3.37. The average Bonchev–Trinajstić information content (AvgIpc) is 2.74. The number of nitrogens with one attached hydrogen (secondary N) is 2. The number of halogens is 1. The molecule has 2 N–H and O–H groups in total. The Bertz CT molecular complexity index is 341. The largest absolute Gasteiger partial charge is 0.379 e. The molecule has 1 atom stereocenters. The van der Waals surface area contributed by atoms with Crippen molar-refractivity contribution in [3.8, 4) is 0 Å². The zero-order chi connectivity index (χ0) is 10.7. The van der Waals surface area contributed by atoms with Crippen molar-refractivity contribution in [1.29, 1.82) is 0 Å². The molecule has 1 aromatic heterocycles. The SMILES string of the molecule is CNc1ncnc(NC2CCOC2)c1Br. The molecule has 0 aromatic carbocycles. The van der Waals surface area contributed by atoms with Gasteiger partial charge in [0, 0.05) is 13.7 Å². The summed E-state index contributed by atoms with van der Waals surface area (Å²) in [5.74, 6) is 1.59. The number of nitrogens with zero attached hydrogens (tertiary/aromatic N) is 2. The third kappa shape index (κ3) is 2.38. The highest BCUT2D eigenvalue weighted by Gasteiger charge is 2.17. The molecule has 5 nitrogen and oxygen atoms in total. The molecule has 6 heteroatoms. The monoisotopic (exact) mass is 272 g/mol. The highest BCUT2D eigenvalue weighted by molar-refractivity contribution is 9.10. The van der Waals surface area contributed by atoms with E-state index in [0.29, 0.717) is 6.04 Å². The fraction of sp³-hybridized carbons (Fsp3) is 0.556. The molecule has 82 valence electrons. The Morgan fingerprint density at radius 2 is 2.27 bits per heavy atom. The summed E-state index contributed by atoms with van der Waals surface area (Å²) in [6.45, 7) is 1.56. The summed E-state index contributed by atoms with van der Waals surface area (Å²) in [6.07, 6.45) is 2.56. The van der Waals surface area contributed by atoms with Crippen LogP contribution >= 0.6 is 15.9 Å². The van der Waals surface area contributed by atoms with Crippen LogP contribution in [0, 0.1) is 0 Å². The maximum absolute atomic E-state index is 5.29. The van der Waals surface area contributed by atoms with E-state index < -0.39 is 0 Å². The molecular weight excluding hydrogens is 260 g/mol. The zero-order valence-electron chi connectivity index (χ0n) is 8.46. The van der Waals surface area contributed by atoms with E-state index in [1.165, 1.54) is 6.33 Å². The van der Waals surface area contributed by atoms with Gasteiger partial charge < -0.3 is 15.4 Å². The second-order valence-corrected chi connectivity index (χ2v) is 4.13. The van der Waals surface area contributed by atoms with Crippen LogP contribution in [-0.4, -0.2) is 36.3 Å². The van der Waals surface area contributed by atoms with Gasteiger partial charge in [-0.2, -0.15) is 0 Å². The molecule has 1 aromatic rings. The molecule has 0 amide bonds. The van der Waals surface area contributed by atoms with E-state index >= 15 is 0 Å². The Morgan fingerprint density at radius 1 is 1.47 bits per heavy atom. The molecule has 15 heavy (non-hydrogen) atoms. The van der Waals surface area contributed by atoms with Crippen molar-refractivity contribution in [2.24, 2.45) is 0 Å². The standard InChI is InChI=1S/C9H13BrN4O/c1-11-8-7(10)9(13-5-12-8)14-6-2-3-15-4-6/h5-6H,2-4H2,1H3,(H2,11,12,13,14). The minimum atomic E-state index is 0.348. The summed E-state index contributed by atoms with van der Waals surface area (Å²) >= 11 is 3.46. The molecule has 0 radical (unpaired) electrons. The fourth-order valence-corrected chi connectivity index (χ4v) is 2.00. The molecule has 1 fully saturated rings. The molecule has 0 saturated carbocycles. The van der Waals surface area contributed by atoms with Crippen LogP contribution in [0.2, 0.25) is 0 Å². The van der Waals surface area contributed by atoms with Gasteiger partial charge in [0.25, 0.3) is 0 Å². The number of aromatic nitrogens is 2. The van der Waals surface area contributed by atoms with Crippen molar-refractivity contribution in [3.05, 3.63) is 10.8 Å². The summed E-state index contributed by atoms with van der Waals surface area (Å²) < 4.78 is 6.15. The van der Waals surface area contributed by atoms with Crippen LogP contribution in [0.4, 0.5) is 11.6 Å². The molecule has 0 spiro atoms. The highest BCUT2D eigenvalue weighted by Crippen LogP contribution is 2.27. The number of anilines is 2. The summed E-state index contributed by atoms with van der Waals surface area (Å²) in [4.78, 5) is 8.28. The number of rotatable bonds is 3. The number of ether oxygens (including phenoxy) is 1. The smallest absolute Gasteiger partial charge is 0.146 e. The van der Waals surface area contributed by atoms with Crippen molar-refractivity contribution in [1.82, 2.24) is 9.97 Å². The fourth-order valence-electron chi connectivity index (χ4n) is 1.49. The van der Waals surface area contributed by atoms with Crippen LogP contribution in [0.1, 0.15) is 6.42 Å². The summed E-state index contributed by atoms with van der Waals surface area (Å²) in [5.41, 5.74) is 0. The van der Waals surface area contributed by atoms with E-state index in [-0.39, 0.29) is 0 Å². The van der Waals surface area contributed by atoms with E-state index in [1.54, 1.807) is 0 Å². The van der Waals surface area contributed by atoms with E-state index in [4.69, 9.17) is 4.74 Å². The Labute approximate surface area is 96.8 Å². The van der Waals surface area contributed by atoms with Crippen molar-refractivity contribution < 1.29 is 4.74 Å². The van der Waals surface area contributed by atoms with Crippen molar-refractivity contribution in [2.45, 2.75) is 12.5 Å². The van der Waals surface area contributed by atoms with Crippen LogP contribution in [0.25, 0.3) is 0 Å². The summed E-state index contributed by atoms with van der Waals surface area (Å²) in [7, 11) is 1.83. The molecule has 2 heterocycles. The Hall–Kier alpha value is -0.880. The summed E-state index contributed by atoms with van der Waals surface area (Å²) in [5, 5.41) is 6.31. The van der Waals surface area contributed by atoms with Gasteiger partial charge >= 0.3 is 0 Å². The van der Waals surface area contributed by atoms with Crippen LogP contribution in [-0.2, 0) is 4.74 Å². The third-order valence-electron chi connectivity index (χ3n) is 2.30. The second kappa shape index (κ2) is 4.76. The predicted octanol–water partition coefficient (Wildman–Crippen LogP) is 1.48. The van der Waals surface area contributed by atoms with Crippen molar-refractivity contribution in [3.63, 3.8) is 0 Å². The predicted molar refractivity (Wildman–Crippen MR) is 62.1 cm³/mol. The molecule has 1 aliphatic rings. The van der Waals surface area contributed by atoms with Crippen molar-refractivity contribution >= 4 is 27.6 Å². The van der Waals surface area contributed by atoms with Crippen molar-refractivity contribution in [2.75, 3.05) is 30.9 Å². The van der Waals surface area contributed by atoms with Crippen LogP contribution in [0.15, 0.2) is 10.8 Å². The lowest BCUT2D eigenvalue weighted by atomic mass is 10.2. The molecular formula is C9H13BrN4O. The van der Waals surface area contributed by atoms with Crippen LogP contribution in [0.3, 0.4) is 0 Å². The lowest BCUT2D eigenvalue weighted by molar-refractivity contribution is 0.195. The van der Waals surface area contributed by atoms with Crippen LogP contribution < -0.4 is 10.6 Å². The van der Waals surface area contributed by atoms with E-state index in [0.717, 1.165) is 35.7 Å². The zero-order valence-corrected chi connectivity index (χ0v) is 10.0. The quantitative estimate of drug-likeness (QED) is 0.873. The molecule has 1 unspecified atom stereocenters. The topological polar surface area (TPSA) is 59.1 Å². The second-order valence-electron chi connectivity index (χ2n) is 3.34. The van der Waals surface area contributed by atoms with Gasteiger partial charge in [0.15, 0.2) is 0 Å². The first-order valence-electron chi connectivity index (χ1n) is 4.84. The Morgan fingerprint density at radius 3 is 2.93 bits per heavy atom. The Balaban J connectivity index is 2.13. The molecule has 0 aliphatic carbocycles. The maximum atomic E-state index is 5.29. The lowest BCUT2D eigenvalue weighted by Gasteiger charge is -2.13. The van der Waals surface area contributed by atoms with Gasteiger partial charge in [0.2, 0.25) is 0 Å². The lowest BCUT2D eigenvalue weighted by Crippen LogP contribution is -2.20. The van der Waals surface area contributed by atoms with Gasteiger partial charge in [-0.15, -0.1) is 0 Å².